The number of nitrogens with one attached hydrogen (secondary N) is 2. The predicted octanol–water partition coefficient (Wildman–Crippen LogP) is 3.24. The minimum absolute atomic E-state index is 0. The van der Waals surface area contributed by atoms with Gasteiger partial charge in [0.1, 0.15) is 5.82 Å². The lowest BCUT2D eigenvalue weighted by Gasteiger charge is -2.17. The Labute approximate surface area is 166 Å². The van der Waals surface area contributed by atoms with Crippen molar-refractivity contribution < 1.29 is 0 Å². The number of hydrogen-bond donors (Lipinski definition) is 2. The van der Waals surface area contributed by atoms with E-state index in [1.165, 1.54) is 11.1 Å². The molecule has 2 N–H and O–H groups in total. The maximum atomic E-state index is 4.32. The highest BCUT2D eigenvalue weighted by Gasteiger charge is 2.11. The molecule has 2 aromatic rings. The van der Waals surface area contributed by atoms with Crippen molar-refractivity contribution in [2.24, 2.45) is 4.99 Å². The van der Waals surface area contributed by atoms with Crippen LogP contribution in [0.25, 0.3) is 0 Å². The van der Waals surface area contributed by atoms with E-state index in [2.05, 4.69) is 61.6 Å². The smallest absolute Gasteiger partial charge is 0.191 e. The summed E-state index contributed by atoms with van der Waals surface area (Å²) in [4.78, 5) is 8.59. The molecule has 0 spiro atoms. The topological polar surface area (TPSA) is 54.2 Å². The van der Waals surface area contributed by atoms with E-state index in [1.807, 2.05) is 26.4 Å². The molecular formula is C19H26IN5. The molecule has 1 aliphatic carbocycles. The zero-order chi connectivity index (χ0) is 16.8. The fourth-order valence-electron chi connectivity index (χ4n) is 2.91. The fraction of sp³-hybridized carbons (Fsp3) is 0.368. The SMILES string of the molecule is CN=C(NCc1cccc(Cn2ccnc2C)c1)NC1CC=CC1.I. The largest absolute Gasteiger partial charge is 0.353 e. The molecule has 134 valence electrons. The summed E-state index contributed by atoms with van der Waals surface area (Å²) in [6.07, 6.45) is 10.4. The van der Waals surface area contributed by atoms with Crippen LogP contribution in [-0.4, -0.2) is 28.6 Å². The van der Waals surface area contributed by atoms with Crippen LogP contribution in [0.15, 0.2) is 53.8 Å². The van der Waals surface area contributed by atoms with Crippen LogP contribution >= 0.6 is 24.0 Å². The molecule has 0 unspecified atom stereocenters. The molecule has 0 atom stereocenters. The summed E-state index contributed by atoms with van der Waals surface area (Å²) in [6, 6.07) is 9.10. The number of aliphatic imine (C=N–C) groups is 1. The predicted molar refractivity (Wildman–Crippen MR) is 113 cm³/mol. The van der Waals surface area contributed by atoms with Gasteiger partial charge in [-0.15, -0.1) is 24.0 Å². The van der Waals surface area contributed by atoms with Gasteiger partial charge in [0.2, 0.25) is 0 Å². The van der Waals surface area contributed by atoms with Crippen molar-refractivity contribution in [3.63, 3.8) is 0 Å². The van der Waals surface area contributed by atoms with Gasteiger partial charge in [-0.2, -0.15) is 0 Å². The summed E-state index contributed by atoms with van der Waals surface area (Å²) >= 11 is 0. The highest BCUT2D eigenvalue weighted by Crippen LogP contribution is 2.10. The van der Waals surface area contributed by atoms with E-state index < -0.39 is 0 Å². The average molecular weight is 451 g/mol. The molecule has 0 radical (unpaired) electrons. The van der Waals surface area contributed by atoms with E-state index >= 15 is 0 Å². The van der Waals surface area contributed by atoms with E-state index in [-0.39, 0.29) is 24.0 Å². The Bertz CT molecular complexity index is 727. The molecule has 0 amide bonds. The Morgan fingerprint density at radius 1 is 1.28 bits per heavy atom. The molecule has 25 heavy (non-hydrogen) atoms. The first-order valence-electron chi connectivity index (χ1n) is 8.42. The average Bonchev–Trinajstić information content (AvgIpc) is 3.24. The number of aromatic nitrogens is 2. The quantitative estimate of drug-likeness (QED) is 0.318. The second-order valence-corrected chi connectivity index (χ2v) is 6.13. The molecule has 1 aromatic carbocycles. The summed E-state index contributed by atoms with van der Waals surface area (Å²) in [6.45, 7) is 3.63. The lowest BCUT2D eigenvalue weighted by molar-refractivity contribution is 0.633. The van der Waals surface area contributed by atoms with Gasteiger partial charge in [-0.05, 0) is 30.9 Å². The van der Waals surface area contributed by atoms with Crippen LogP contribution in [0.1, 0.15) is 29.8 Å². The molecule has 5 nitrogen and oxygen atoms in total. The van der Waals surface area contributed by atoms with Crippen molar-refractivity contribution in [3.05, 3.63) is 65.8 Å². The van der Waals surface area contributed by atoms with Gasteiger partial charge in [-0.3, -0.25) is 4.99 Å². The third kappa shape index (κ3) is 5.59. The molecule has 6 heteroatoms. The molecule has 0 aliphatic heterocycles. The van der Waals surface area contributed by atoms with Crippen LogP contribution in [0.4, 0.5) is 0 Å². The van der Waals surface area contributed by atoms with Crippen LogP contribution in [0.2, 0.25) is 0 Å². The minimum atomic E-state index is 0. The lowest BCUT2D eigenvalue weighted by atomic mass is 10.1. The standard InChI is InChI=1S/C19H25N5.HI/c1-15-21-10-11-24(15)14-17-7-5-6-16(12-17)13-22-19(20-2)23-18-8-3-4-9-18;/h3-7,10-12,18H,8-9,13-14H2,1-2H3,(H2,20,22,23);1H. The van der Waals surface area contributed by atoms with Crippen LogP contribution in [0, 0.1) is 6.92 Å². The van der Waals surface area contributed by atoms with Gasteiger partial charge < -0.3 is 15.2 Å². The van der Waals surface area contributed by atoms with Crippen LogP contribution in [0.3, 0.4) is 0 Å². The van der Waals surface area contributed by atoms with Gasteiger partial charge in [0.15, 0.2) is 5.96 Å². The van der Waals surface area contributed by atoms with Gasteiger partial charge in [-0.1, -0.05) is 36.4 Å². The number of halogens is 1. The zero-order valence-electron chi connectivity index (χ0n) is 14.8. The van der Waals surface area contributed by atoms with E-state index in [0.29, 0.717) is 6.04 Å². The first-order valence-corrected chi connectivity index (χ1v) is 8.42. The first kappa shape index (κ1) is 19.5. The lowest BCUT2D eigenvalue weighted by Crippen LogP contribution is -2.42. The monoisotopic (exact) mass is 451 g/mol. The highest BCUT2D eigenvalue weighted by molar-refractivity contribution is 14.0. The number of nitrogens with zero attached hydrogens (tertiary/aromatic N) is 3. The van der Waals surface area contributed by atoms with E-state index in [4.69, 9.17) is 0 Å². The van der Waals surface area contributed by atoms with Gasteiger partial charge >= 0.3 is 0 Å². The third-order valence-corrected chi connectivity index (χ3v) is 4.30. The Morgan fingerprint density at radius 2 is 2.04 bits per heavy atom. The summed E-state index contributed by atoms with van der Waals surface area (Å²) in [5, 5.41) is 6.86. The molecule has 1 heterocycles. The van der Waals surface area contributed by atoms with E-state index in [0.717, 1.165) is 37.7 Å². The van der Waals surface area contributed by atoms with Crippen molar-refractivity contribution >= 4 is 29.9 Å². The highest BCUT2D eigenvalue weighted by atomic mass is 127. The normalized spacial score (nSPS) is 14.4. The summed E-state index contributed by atoms with van der Waals surface area (Å²) in [5.74, 6) is 1.90. The zero-order valence-corrected chi connectivity index (χ0v) is 17.1. The first-order chi connectivity index (χ1) is 11.7. The van der Waals surface area contributed by atoms with Crippen molar-refractivity contribution in [2.45, 2.75) is 38.9 Å². The van der Waals surface area contributed by atoms with Crippen molar-refractivity contribution in [3.8, 4) is 0 Å². The third-order valence-electron chi connectivity index (χ3n) is 4.30. The van der Waals surface area contributed by atoms with Crippen LogP contribution in [0.5, 0.6) is 0 Å². The van der Waals surface area contributed by atoms with Gasteiger partial charge in [0, 0.05) is 38.6 Å². The second kappa shape index (κ2) is 9.60. The number of imidazole rings is 1. The van der Waals surface area contributed by atoms with Gasteiger partial charge in [-0.25, -0.2) is 4.98 Å². The Morgan fingerprint density at radius 3 is 2.72 bits per heavy atom. The van der Waals surface area contributed by atoms with E-state index in [9.17, 15) is 0 Å². The molecule has 0 bridgehead atoms. The Kier molecular flexibility index (Phi) is 7.49. The van der Waals surface area contributed by atoms with Crippen LogP contribution in [-0.2, 0) is 13.1 Å². The van der Waals surface area contributed by atoms with Crippen molar-refractivity contribution in [1.82, 2.24) is 20.2 Å². The Balaban J connectivity index is 0.00000225. The molecule has 0 fully saturated rings. The Hall–Kier alpha value is -1.83. The molecule has 3 rings (SSSR count). The van der Waals surface area contributed by atoms with Crippen molar-refractivity contribution in [1.29, 1.82) is 0 Å². The molecule has 1 aliphatic rings. The maximum absolute atomic E-state index is 4.32. The second-order valence-electron chi connectivity index (χ2n) is 6.13. The number of benzene rings is 1. The number of rotatable bonds is 5. The molecule has 0 saturated carbocycles. The number of hydrogen-bond acceptors (Lipinski definition) is 2. The molecular weight excluding hydrogens is 425 g/mol. The molecule has 1 aromatic heterocycles. The molecule has 0 saturated heterocycles. The summed E-state index contributed by atoms with van der Waals surface area (Å²) in [7, 11) is 1.82. The van der Waals surface area contributed by atoms with Gasteiger partial charge in [0.25, 0.3) is 0 Å². The minimum Gasteiger partial charge on any atom is -0.353 e. The summed E-state index contributed by atoms with van der Waals surface area (Å²) in [5.41, 5.74) is 2.52. The number of aryl methyl sites for hydroxylation is 1. The summed E-state index contributed by atoms with van der Waals surface area (Å²) < 4.78 is 2.15. The van der Waals surface area contributed by atoms with Crippen molar-refractivity contribution in [2.75, 3.05) is 7.05 Å². The maximum Gasteiger partial charge on any atom is 0.191 e. The number of guanidine groups is 1. The van der Waals surface area contributed by atoms with Crippen LogP contribution < -0.4 is 10.6 Å². The van der Waals surface area contributed by atoms with Gasteiger partial charge in [0.05, 0.1) is 0 Å². The fourth-order valence-corrected chi connectivity index (χ4v) is 2.91. The van der Waals surface area contributed by atoms with E-state index in [1.54, 1.807) is 0 Å².